The van der Waals surface area contributed by atoms with Gasteiger partial charge in [0, 0.05) is 14.1 Å². The van der Waals surface area contributed by atoms with Gasteiger partial charge in [-0.2, -0.15) is 0 Å². The van der Waals surface area contributed by atoms with E-state index in [1.54, 1.807) is 25.1 Å². The highest BCUT2D eigenvalue weighted by Crippen LogP contribution is 2.33. The van der Waals surface area contributed by atoms with Crippen LogP contribution in [0, 0.1) is 0 Å². The number of carbonyl (C=O) groups is 1. The lowest BCUT2D eigenvalue weighted by molar-refractivity contribution is -0.121. The Balaban J connectivity index is 2.23. The van der Waals surface area contributed by atoms with E-state index < -0.39 is 0 Å². The summed E-state index contributed by atoms with van der Waals surface area (Å²) >= 11 is 7.62. The number of likely N-dealkylation sites (N-methyl/N-ethyl adjacent to an activating group) is 1. The van der Waals surface area contributed by atoms with Crippen LogP contribution in [-0.2, 0) is 4.79 Å². The Morgan fingerprint density at radius 1 is 1.50 bits per heavy atom. The first-order chi connectivity index (χ1) is 10.5. The van der Waals surface area contributed by atoms with Crippen molar-refractivity contribution < 1.29 is 9.53 Å². The van der Waals surface area contributed by atoms with Gasteiger partial charge in [0.1, 0.15) is 5.75 Å². The van der Waals surface area contributed by atoms with Gasteiger partial charge in [0.2, 0.25) is 0 Å². The molecule has 1 fully saturated rings. The van der Waals surface area contributed by atoms with Crippen LogP contribution in [0.4, 0.5) is 0 Å². The number of halogens is 1. The maximum atomic E-state index is 12.1. The van der Waals surface area contributed by atoms with E-state index in [1.807, 2.05) is 25.1 Å². The molecule has 2 rings (SSSR count). The molecule has 1 aromatic carbocycles. The lowest BCUT2D eigenvalue weighted by Gasteiger charge is -2.14. The molecule has 0 saturated carbocycles. The highest BCUT2D eigenvalue weighted by Gasteiger charge is 2.29. The third kappa shape index (κ3) is 3.65. The van der Waals surface area contributed by atoms with Gasteiger partial charge in [0.15, 0.2) is 5.17 Å². The normalized spacial score (nSPS) is 20.0. The van der Waals surface area contributed by atoms with Crippen molar-refractivity contribution >= 4 is 40.5 Å². The molecule has 0 aromatic heterocycles. The Hall–Kier alpha value is -1.46. The molecule has 22 heavy (non-hydrogen) atoms. The van der Waals surface area contributed by atoms with Gasteiger partial charge in [0.25, 0.3) is 5.91 Å². The molecule has 6 heteroatoms. The van der Waals surface area contributed by atoms with E-state index in [1.165, 1.54) is 11.8 Å². The number of hydrogen-bond donors (Lipinski definition) is 0. The molecule has 1 aliphatic heterocycles. The predicted octanol–water partition coefficient (Wildman–Crippen LogP) is 4.05. The van der Waals surface area contributed by atoms with Crippen molar-refractivity contribution in [3.05, 3.63) is 33.7 Å². The summed E-state index contributed by atoms with van der Waals surface area (Å²) < 4.78 is 5.74. The summed E-state index contributed by atoms with van der Waals surface area (Å²) in [5.41, 5.74) is 0.864. The number of rotatable bonds is 4. The van der Waals surface area contributed by atoms with Crippen molar-refractivity contribution in [2.24, 2.45) is 4.99 Å². The third-order valence-electron chi connectivity index (χ3n) is 3.35. The molecule has 0 bridgehead atoms. The zero-order valence-corrected chi connectivity index (χ0v) is 14.7. The lowest BCUT2D eigenvalue weighted by Crippen LogP contribution is -2.23. The first kappa shape index (κ1) is 16.9. The molecule has 4 nitrogen and oxygen atoms in total. The second kappa shape index (κ2) is 7.20. The standard InChI is InChI=1S/C16H19ClN2O2S/c1-5-10(2)21-13-7-6-11(8-12(13)17)9-14-15(20)19(4)16(18-3)22-14/h6-10H,5H2,1-4H3/b14-9+,18-16?/t10-/m1/s1. The Labute approximate surface area is 140 Å². The maximum absolute atomic E-state index is 12.1. The summed E-state index contributed by atoms with van der Waals surface area (Å²) in [6, 6.07) is 5.54. The molecule has 0 N–H and O–H groups in total. The Kier molecular flexibility index (Phi) is 5.53. The van der Waals surface area contributed by atoms with Gasteiger partial charge in [-0.25, -0.2) is 0 Å². The number of nitrogens with zero attached hydrogens (tertiary/aromatic N) is 2. The van der Waals surface area contributed by atoms with E-state index in [-0.39, 0.29) is 12.0 Å². The van der Waals surface area contributed by atoms with Crippen molar-refractivity contribution in [2.45, 2.75) is 26.4 Å². The number of hydrogen-bond acceptors (Lipinski definition) is 4. The molecule has 1 aromatic rings. The highest BCUT2D eigenvalue weighted by atomic mass is 35.5. The van der Waals surface area contributed by atoms with Gasteiger partial charge in [0.05, 0.1) is 16.0 Å². The average Bonchev–Trinajstić information content (AvgIpc) is 2.77. The van der Waals surface area contributed by atoms with Gasteiger partial charge in [-0.1, -0.05) is 24.6 Å². The topological polar surface area (TPSA) is 41.9 Å². The van der Waals surface area contributed by atoms with Crippen LogP contribution in [0.15, 0.2) is 28.1 Å². The molecule has 1 amide bonds. The molecule has 1 aliphatic rings. The van der Waals surface area contributed by atoms with E-state index in [2.05, 4.69) is 11.9 Å². The third-order valence-corrected chi connectivity index (χ3v) is 4.80. The van der Waals surface area contributed by atoms with Crippen LogP contribution in [0.5, 0.6) is 5.75 Å². The Bertz CT molecular complexity index is 643. The van der Waals surface area contributed by atoms with E-state index in [0.29, 0.717) is 20.8 Å². The second-order valence-corrected chi connectivity index (χ2v) is 6.42. The number of thioether (sulfide) groups is 1. The number of benzene rings is 1. The zero-order chi connectivity index (χ0) is 16.3. The molecule has 1 saturated heterocycles. The summed E-state index contributed by atoms with van der Waals surface area (Å²) in [6.45, 7) is 4.06. The van der Waals surface area contributed by atoms with Crippen LogP contribution >= 0.6 is 23.4 Å². The quantitative estimate of drug-likeness (QED) is 0.778. The molecule has 0 unspecified atom stereocenters. The Morgan fingerprint density at radius 2 is 2.23 bits per heavy atom. The van der Waals surface area contributed by atoms with Crippen LogP contribution < -0.4 is 4.74 Å². The van der Waals surface area contributed by atoms with Crippen molar-refractivity contribution in [3.63, 3.8) is 0 Å². The second-order valence-electron chi connectivity index (χ2n) is 5.01. The predicted molar refractivity (Wildman–Crippen MR) is 93.5 cm³/mol. The summed E-state index contributed by atoms with van der Waals surface area (Å²) in [7, 11) is 3.39. The molecular formula is C16H19ClN2O2S. The summed E-state index contributed by atoms with van der Waals surface area (Å²) in [5, 5.41) is 1.24. The van der Waals surface area contributed by atoms with Gasteiger partial charge in [-0.15, -0.1) is 0 Å². The summed E-state index contributed by atoms with van der Waals surface area (Å²) in [4.78, 5) is 18.4. The molecule has 0 aliphatic carbocycles. The number of amides is 1. The van der Waals surface area contributed by atoms with E-state index in [4.69, 9.17) is 16.3 Å². The lowest BCUT2D eigenvalue weighted by atomic mass is 10.2. The number of carbonyl (C=O) groups excluding carboxylic acids is 1. The fourth-order valence-electron chi connectivity index (χ4n) is 1.90. The van der Waals surface area contributed by atoms with Crippen molar-refractivity contribution in [1.82, 2.24) is 4.90 Å². The monoisotopic (exact) mass is 338 g/mol. The van der Waals surface area contributed by atoms with Crippen LogP contribution in [0.2, 0.25) is 5.02 Å². The Morgan fingerprint density at radius 3 is 2.77 bits per heavy atom. The van der Waals surface area contributed by atoms with Crippen molar-refractivity contribution in [2.75, 3.05) is 14.1 Å². The van der Waals surface area contributed by atoms with Crippen LogP contribution in [0.3, 0.4) is 0 Å². The van der Waals surface area contributed by atoms with Crippen molar-refractivity contribution in [3.8, 4) is 5.75 Å². The van der Waals surface area contributed by atoms with Crippen LogP contribution in [-0.4, -0.2) is 36.2 Å². The fraction of sp³-hybridized carbons (Fsp3) is 0.375. The van der Waals surface area contributed by atoms with Crippen LogP contribution in [0.1, 0.15) is 25.8 Å². The van der Waals surface area contributed by atoms with Crippen molar-refractivity contribution in [1.29, 1.82) is 0 Å². The molecule has 1 atom stereocenters. The minimum atomic E-state index is -0.0540. The first-order valence-electron chi connectivity index (χ1n) is 7.06. The van der Waals surface area contributed by atoms with Crippen LogP contribution in [0.25, 0.3) is 6.08 Å². The largest absolute Gasteiger partial charge is 0.489 e. The first-order valence-corrected chi connectivity index (χ1v) is 8.26. The van der Waals surface area contributed by atoms with Gasteiger partial charge in [-0.05, 0) is 48.9 Å². The fourth-order valence-corrected chi connectivity index (χ4v) is 3.06. The van der Waals surface area contributed by atoms with E-state index in [0.717, 1.165) is 12.0 Å². The number of ether oxygens (including phenoxy) is 1. The smallest absolute Gasteiger partial charge is 0.266 e. The molecule has 1 heterocycles. The number of amidine groups is 1. The van der Waals surface area contributed by atoms with Gasteiger partial charge >= 0.3 is 0 Å². The molecule has 118 valence electrons. The minimum absolute atomic E-state index is 0.0540. The zero-order valence-electron chi connectivity index (χ0n) is 13.1. The average molecular weight is 339 g/mol. The molecule has 0 spiro atoms. The summed E-state index contributed by atoms with van der Waals surface area (Å²) in [6.07, 6.45) is 2.85. The van der Waals surface area contributed by atoms with Gasteiger partial charge < -0.3 is 4.74 Å². The minimum Gasteiger partial charge on any atom is -0.489 e. The molecular weight excluding hydrogens is 320 g/mol. The van der Waals surface area contributed by atoms with Gasteiger partial charge in [-0.3, -0.25) is 14.7 Å². The SMILES string of the molecule is CC[C@@H](C)Oc1ccc(/C=C2/SC(=NC)N(C)C2=O)cc1Cl. The molecule has 0 radical (unpaired) electrons. The van der Waals surface area contributed by atoms with E-state index >= 15 is 0 Å². The number of aliphatic imine (C=N–C) groups is 1. The van der Waals surface area contributed by atoms with E-state index in [9.17, 15) is 4.79 Å². The maximum Gasteiger partial charge on any atom is 0.266 e. The highest BCUT2D eigenvalue weighted by molar-refractivity contribution is 8.18. The summed E-state index contributed by atoms with van der Waals surface area (Å²) in [5.74, 6) is 0.609.